The van der Waals surface area contributed by atoms with Gasteiger partial charge in [-0.2, -0.15) is 0 Å². The summed E-state index contributed by atoms with van der Waals surface area (Å²) in [6.07, 6.45) is 1.87. The number of Topliss-reactive ketones (excluding diaryl/α,β-unsaturated/α-hetero) is 1. The Labute approximate surface area is 128 Å². The van der Waals surface area contributed by atoms with Gasteiger partial charge < -0.3 is 5.32 Å². The molecule has 1 atom stereocenters. The molecule has 118 valence electrons. The van der Waals surface area contributed by atoms with Gasteiger partial charge in [-0.15, -0.1) is 0 Å². The van der Waals surface area contributed by atoms with E-state index in [9.17, 15) is 14.4 Å². The summed E-state index contributed by atoms with van der Waals surface area (Å²) in [5.41, 5.74) is 1.52. The molecule has 1 aliphatic heterocycles. The van der Waals surface area contributed by atoms with E-state index < -0.39 is 0 Å². The molecule has 6 heteroatoms. The molecule has 3 rings (SSSR count). The SMILES string of the molecule is CC(C)CC1C2=C(CCC2=O)Nc2c1c(=O)n(C)c(=O)n2C. The number of anilines is 1. The van der Waals surface area contributed by atoms with Gasteiger partial charge in [-0.1, -0.05) is 13.8 Å². The highest BCUT2D eigenvalue weighted by Gasteiger charge is 2.39. The van der Waals surface area contributed by atoms with E-state index in [1.165, 1.54) is 11.6 Å². The Morgan fingerprint density at radius 3 is 2.45 bits per heavy atom. The Bertz CT molecular complexity index is 811. The summed E-state index contributed by atoms with van der Waals surface area (Å²) in [4.78, 5) is 37.1. The standard InChI is InChI=1S/C16H21N3O3/c1-8(2)7-9-12-10(5-6-11(12)20)17-14-13(9)15(21)19(4)16(22)18(14)3/h8-9,17H,5-7H2,1-4H3. The van der Waals surface area contributed by atoms with Gasteiger partial charge in [0.2, 0.25) is 0 Å². The number of allylic oxidation sites excluding steroid dienone is 2. The van der Waals surface area contributed by atoms with Crippen molar-refractivity contribution < 1.29 is 4.79 Å². The highest BCUT2D eigenvalue weighted by Crippen LogP contribution is 2.43. The lowest BCUT2D eigenvalue weighted by molar-refractivity contribution is -0.115. The molecule has 0 saturated heterocycles. The number of nitrogens with zero attached hydrogens (tertiary/aromatic N) is 2. The second-order valence-corrected chi connectivity index (χ2v) is 6.59. The molecule has 1 N–H and O–H groups in total. The van der Waals surface area contributed by atoms with Crippen LogP contribution in [0, 0.1) is 5.92 Å². The molecule has 0 amide bonds. The number of fused-ring (bicyclic) bond motifs is 1. The van der Waals surface area contributed by atoms with Crippen LogP contribution < -0.4 is 16.6 Å². The maximum Gasteiger partial charge on any atom is 0.332 e. The molecule has 0 fully saturated rings. The van der Waals surface area contributed by atoms with Gasteiger partial charge in [0.25, 0.3) is 5.56 Å². The average Bonchev–Trinajstić information content (AvgIpc) is 2.83. The normalized spacial score (nSPS) is 20.2. The Morgan fingerprint density at radius 2 is 1.82 bits per heavy atom. The number of aromatic nitrogens is 2. The number of ketones is 1. The lowest BCUT2D eigenvalue weighted by Crippen LogP contribution is -2.43. The minimum absolute atomic E-state index is 0.120. The molecule has 1 aromatic heterocycles. The van der Waals surface area contributed by atoms with Crippen LogP contribution in [0.5, 0.6) is 0 Å². The van der Waals surface area contributed by atoms with Crippen molar-refractivity contribution in [1.29, 1.82) is 0 Å². The lowest BCUT2D eigenvalue weighted by Gasteiger charge is -2.30. The molecule has 2 aliphatic rings. The van der Waals surface area contributed by atoms with E-state index in [-0.39, 0.29) is 23.0 Å². The number of carbonyl (C=O) groups is 1. The summed E-state index contributed by atoms with van der Waals surface area (Å²) in [6, 6.07) is 0. The van der Waals surface area contributed by atoms with Crippen LogP contribution in [0.2, 0.25) is 0 Å². The summed E-state index contributed by atoms with van der Waals surface area (Å²) in [5.74, 6) is 0.800. The van der Waals surface area contributed by atoms with Crippen LogP contribution in [0.1, 0.15) is 44.6 Å². The van der Waals surface area contributed by atoms with Crippen molar-refractivity contribution in [3.63, 3.8) is 0 Å². The van der Waals surface area contributed by atoms with Crippen molar-refractivity contribution in [2.24, 2.45) is 20.0 Å². The van der Waals surface area contributed by atoms with Gasteiger partial charge in [-0.3, -0.25) is 18.7 Å². The predicted molar refractivity (Wildman–Crippen MR) is 84.0 cm³/mol. The Hall–Kier alpha value is -2.11. The van der Waals surface area contributed by atoms with Crippen molar-refractivity contribution in [1.82, 2.24) is 9.13 Å². The van der Waals surface area contributed by atoms with Crippen molar-refractivity contribution in [3.8, 4) is 0 Å². The summed E-state index contributed by atoms with van der Waals surface area (Å²) >= 11 is 0. The number of hydrogen-bond donors (Lipinski definition) is 1. The molecule has 0 saturated carbocycles. The summed E-state index contributed by atoms with van der Waals surface area (Å²) < 4.78 is 2.59. The fourth-order valence-corrected chi connectivity index (χ4v) is 3.54. The van der Waals surface area contributed by atoms with E-state index >= 15 is 0 Å². The van der Waals surface area contributed by atoms with Crippen molar-refractivity contribution in [2.75, 3.05) is 5.32 Å². The Morgan fingerprint density at radius 1 is 1.14 bits per heavy atom. The third-order valence-electron chi connectivity index (χ3n) is 4.60. The second-order valence-electron chi connectivity index (χ2n) is 6.59. The second kappa shape index (κ2) is 4.97. The van der Waals surface area contributed by atoms with E-state index in [4.69, 9.17) is 0 Å². The molecule has 22 heavy (non-hydrogen) atoms. The summed E-state index contributed by atoms with van der Waals surface area (Å²) in [5, 5.41) is 3.18. The number of rotatable bonds is 2. The highest BCUT2D eigenvalue weighted by molar-refractivity contribution is 6.01. The van der Waals surface area contributed by atoms with Crippen LogP contribution in [0.3, 0.4) is 0 Å². The van der Waals surface area contributed by atoms with E-state index in [1.807, 2.05) is 0 Å². The lowest BCUT2D eigenvalue weighted by atomic mass is 9.82. The summed E-state index contributed by atoms with van der Waals surface area (Å²) in [7, 11) is 3.14. The van der Waals surface area contributed by atoms with E-state index in [0.29, 0.717) is 30.1 Å². The molecule has 1 unspecified atom stereocenters. The van der Waals surface area contributed by atoms with Crippen LogP contribution in [-0.2, 0) is 18.9 Å². The fraction of sp³-hybridized carbons (Fsp3) is 0.562. The van der Waals surface area contributed by atoms with Crippen molar-refractivity contribution >= 4 is 11.6 Å². The third kappa shape index (κ3) is 1.97. The molecule has 1 aliphatic carbocycles. The van der Waals surface area contributed by atoms with Crippen LogP contribution in [0.4, 0.5) is 5.82 Å². The van der Waals surface area contributed by atoms with Crippen molar-refractivity contribution in [2.45, 2.75) is 39.0 Å². The zero-order valence-corrected chi connectivity index (χ0v) is 13.4. The zero-order valence-electron chi connectivity index (χ0n) is 13.4. The van der Waals surface area contributed by atoms with Crippen LogP contribution in [-0.4, -0.2) is 14.9 Å². The maximum atomic E-state index is 12.6. The van der Waals surface area contributed by atoms with Gasteiger partial charge in [0.1, 0.15) is 5.82 Å². The van der Waals surface area contributed by atoms with Gasteiger partial charge in [-0.05, 0) is 18.8 Å². The van der Waals surface area contributed by atoms with Gasteiger partial charge in [0.15, 0.2) is 5.78 Å². The minimum Gasteiger partial charge on any atom is -0.344 e. The van der Waals surface area contributed by atoms with Gasteiger partial charge >= 0.3 is 5.69 Å². The maximum absolute atomic E-state index is 12.6. The van der Waals surface area contributed by atoms with Gasteiger partial charge in [0, 0.05) is 37.7 Å². The minimum atomic E-state index is -0.354. The Balaban J connectivity index is 2.31. The molecular weight excluding hydrogens is 282 g/mol. The topological polar surface area (TPSA) is 73.1 Å². The molecule has 6 nitrogen and oxygen atoms in total. The molecular formula is C16H21N3O3. The third-order valence-corrected chi connectivity index (χ3v) is 4.60. The zero-order chi connectivity index (χ0) is 16.2. The molecule has 2 heterocycles. The average molecular weight is 303 g/mol. The largest absolute Gasteiger partial charge is 0.344 e. The van der Waals surface area contributed by atoms with E-state index in [1.54, 1.807) is 7.05 Å². The first-order valence-electron chi connectivity index (χ1n) is 7.66. The molecule has 0 bridgehead atoms. The van der Waals surface area contributed by atoms with Gasteiger partial charge in [0.05, 0.1) is 5.56 Å². The molecule has 1 aromatic rings. The first-order valence-corrected chi connectivity index (χ1v) is 7.66. The first-order chi connectivity index (χ1) is 10.3. The van der Waals surface area contributed by atoms with Crippen molar-refractivity contribution in [3.05, 3.63) is 37.7 Å². The number of hydrogen-bond acceptors (Lipinski definition) is 4. The number of nitrogens with one attached hydrogen (secondary N) is 1. The van der Waals surface area contributed by atoms with E-state index in [2.05, 4.69) is 19.2 Å². The molecule has 0 spiro atoms. The first kappa shape index (κ1) is 14.8. The quantitative estimate of drug-likeness (QED) is 0.892. The smallest absolute Gasteiger partial charge is 0.332 e. The van der Waals surface area contributed by atoms with E-state index in [0.717, 1.165) is 22.3 Å². The Kier molecular flexibility index (Phi) is 3.34. The molecule has 0 radical (unpaired) electrons. The van der Waals surface area contributed by atoms with Crippen LogP contribution >= 0.6 is 0 Å². The number of carbonyl (C=O) groups excluding carboxylic acids is 1. The molecule has 0 aromatic carbocycles. The van der Waals surface area contributed by atoms with Gasteiger partial charge in [-0.25, -0.2) is 4.79 Å². The van der Waals surface area contributed by atoms with Crippen LogP contribution in [0.25, 0.3) is 0 Å². The van der Waals surface area contributed by atoms with Crippen LogP contribution in [0.15, 0.2) is 20.9 Å². The fourth-order valence-electron chi connectivity index (χ4n) is 3.54. The highest BCUT2D eigenvalue weighted by atomic mass is 16.2. The predicted octanol–water partition coefficient (Wildman–Crippen LogP) is 1.26. The summed E-state index contributed by atoms with van der Waals surface area (Å²) in [6.45, 7) is 4.15. The monoisotopic (exact) mass is 303 g/mol.